The van der Waals surface area contributed by atoms with Gasteiger partial charge in [-0.1, -0.05) is 6.92 Å². The van der Waals surface area contributed by atoms with Gasteiger partial charge in [-0.3, -0.25) is 4.68 Å². The van der Waals surface area contributed by atoms with Gasteiger partial charge in [0.25, 0.3) is 0 Å². The number of aromatic nitrogens is 4. The van der Waals surface area contributed by atoms with E-state index < -0.39 is 0 Å². The summed E-state index contributed by atoms with van der Waals surface area (Å²) in [5.74, 6) is 1.40. The van der Waals surface area contributed by atoms with Crippen molar-refractivity contribution in [2.75, 3.05) is 17.2 Å². The molecule has 112 valence electrons. The van der Waals surface area contributed by atoms with Crippen LogP contribution in [0.4, 0.5) is 17.3 Å². The molecule has 0 aromatic carbocycles. The van der Waals surface area contributed by atoms with Gasteiger partial charge in [-0.2, -0.15) is 10.4 Å². The summed E-state index contributed by atoms with van der Waals surface area (Å²) in [7, 11) is 1.86. The van der Waals surface area contributed by atoms with E-state index in [0.717, 1.165) is 29.9 Å². The molecule has 3 aromatic rings. The lowest BCUT2D eigenvalue weighted by Crippen LogP contribution is -2.03. The van der Waals surface area contributed by atoms with Gasteiger partial charge in [-0.15, -0.1) is 0 Å². The van der Waals surface area contributed by atoms with Crippen molar-refractivity contribution in [1.29, 1.82) is 5.26 Å². The largest absolute Gasteiger partial charge is 0.384 e. The summed E-state index contributed by atoms with van der Waals surface area (Å²) in [6, 6.07) is 5.97. The lowest BCUT2D eigenvalue weighted by atomic mass is 10.2. The monoisotopic (exact) mass is 295 g/mol. The van der Waals surface area contributed by atoms with Crippen LogP contribution in [0.25, 0.3) is 11.0 Å². The number of nitrogens with zero attached hydrogens (tertiary/aromatic N) is 4. The zero-order valence-corrected chi connectivity index (χ0v) is 12.5. The van der Waals surface area contributed by atoms with Crippen LogP contribution in [0.2, 0.25) is 0 Å². The Kier molecular flexibility index (Phi) is 3.66. The van der Waals surface area contributed by atoms with Gasteiger partial charge in [-0.05, 0) is 6.42 Å². The third-order valence-electron chi connectivity index (χ3n) is 3.30. The SMILES string of the molecule is CCCNc1cc(Nc2ccn(C)n2)nc2[nH]cc(C#N)c12. The molecule has 0 fully saturated rings. The molecule has 0 spiro atoms. The predicted molar refractivity (Wildman–Crippen MR) is 86.1 cm³/mol. The molecule has 3 aromatic heterocycles. The Hall–Kier alpha value is -3.01. The first-order chi connectivity index (χ1) is 10.7. The second kappa shape index (κ2) is 5.77. The highest BCUT2D eigenvalue weighted by molar-refractivity contribution is 5.96. The van der Waals surface area contributed by atoms with Crippen LogP contribution in [0, 0.1) is 11.3 Å². The number of nitrogens with one attached hydrogen (secondary N) is 3. The maximum atomic E-state index is 9.23. The standard InChI is InChI=1S/C15H17N7/c1-3-5-17-11-7-13(19-12-4-6-22(2)21-12)20-15-14(11)10(8-16)9-18-15/h4,6-7,9H,3,5H2,1-2H3,(H3,17,18,19,20,21). The first-order valence-electron chi connectivity index (χ1n) is 7.14. The second-order valence-corrected chi connectivity index (χ2v) is 5.02. The molecular weight excluding hydrogens is 278 g/mol. The Morgan fingerprint density at radius 3 is 2.95 bits per heavy atom. The molecule has 0 atom stereocenters. The van der Waals surface area contributed by atoms with Crippen LogP contribution < -0.4 is 10.6 Å². The van der Waals surface area contributed by atoms with Crippen LogP contribution in [0.15, 0.2) is 24.5 Å². The van der Waals surface area contributed by atoms with E-state index in [1.807, 2.05) is 25.4 Å². The number of aryl methyl sites for hydroxylation is 1. The Labute approximate surface area is 128 Å². The third kappa shape index (κ3) is 2.59. The van der Waals surface area contributed by atoms with Crippen molar-refractivity contribution in [3.05, 3.63) is 30.1 Å². The van der Waals surface area contributed by atoms with Gasteiger partial charge in [0.15, 0.2) is 5.82 Å². The van der Waals surface area contributed by atoms with Crippen LogP contribution in [0.1, 0.15) is 18.9 Å². The molecule has 0 aliphatic heterocycles. The molecule has 0 aliphatic carbocycles. The summed E-state index contributed by atoms with van der Waals surface area (Å²) in [5.41, 5.74) is 2.16. The van der Waals surface area contributed by atoms with E-state index in [1.54, 1.807) is 10.9 Å². The highest BCUT2D eigenvalue weighted by Gasteiger charge is 2.12. The van der Waals surface area contributed by atoms with Crippen molar-refractivity contribution in [3.8, 4) is 6.07 Å². The van der Waals surface area contributed by atoms with Gasteiger partial charge in [0.2, 0.25) is 0 Å². The molecular formula is C15H17N7. The smallest absolute Gasteiger partial charge is 0.153 e. The van der Waals surface area contributed by atoms with Crippen molar-refractivity contribution in [3.63, 3.8) is 0 Å². The Morgan fingerprint density at radius 2 is 2.27 bits per heavy atom. The second-order valence-electron chi connectivity index (χ2n) is 5.02. The molecule has 0 unspecified atom stereocenters. The van der Waals surface area contributed by atoms with Gasteiger partial charge < -0.3 is 15.6 Å². The number of fused-ring (bicyclic) bond motifs is 1. The van der Waals surface area contributed by atoms with Crippen LogP contribution >= 0.6 is 0 Å². The number of H-pyrrole nitrogens is 1. The zero-order valence-electron chi connectivity index (χ0n) is 12.5. The number of pyridine rings is 1. The van der Waals surface area contributed by atoms with Crippen molar-refractivity contribution < 1.29 is 0 Å². The van der Waals surface area contributed by atoms with Gasteiger partial charge >= 0.3 is 0 Å². The number of hydrogen-bond donors (Lipinski definition) is 3. The van der Waals surface area contributed by atoms with E-state index in [0.29, 0.717) is 17.0 Å². The van der Waals surface area contributed by atoms with E-state index in [1.165, 1.54) is 0 Å². The quantitative estimate of drug-likeness (QED) is 0.673. The number of anilines is 3. The van der Waals surface area contributed by atoms with E-state index >= 15 is 0 Å². The molecule has 0 saturated carbocycles. The number of rotatable bonds is 5. The summed E-state index contributed by atoms with van der Waals surface area (Å²) < 4.78 is 1.72. The van der Waals surface area contributed by atoms with Gasteiger partial charge in [0, 0.05) is 38.1 Å². The molecule has 0 aliphatic rings. The fourth-order valence-corrected chi connectivity index (χ4v) is 2.30. The van der Waals surface area contributed by atoms with Crippen LogP contribution in [-0.2, 0) is 7.05 Å². The lowest BCUT2D eigenvalue weighted by molar-refractivity contribution is 0.771. The number of aromatic amines is 1. The van der Waals surface area contributed by atoms with Crippen LogP contribution in [0.5, 0.6) is 0 Å². The lowest BCUT2D eigenvalue weighted by Gasteiger charge is -2.10. The molecule has 22 heavy (non-hydrogen) atoms. The van der Waals surface area contributed by atoms with E-state index in [2.05, 4.69) is 38.7 Å². The van der Waals surface area contributed by atoms with Crippen LogP contribution in [-0.4, -0.2) is 26.3 Å². The molecule has 3 N–H and O–H groups in total. The van der Waals surface area contributed by atoms with E-state index in [9.17, 15) is 5.26 Å². The van der Waals surface area contributed by atoms with Gasteiger partial charge in [0.1, 0.15) is 17.5 Å². The number of hydrogen-bond acceptors (Lipinski definition) is 5. The summed E-state index contributed by atoms with van der Waals surface area (Å²) in [5, 5.41) is 20.9. The minimum Gasteiger partial charge on any atom is -0.384 e. The van der Waals surface area contributed by atoms with E-state index in [4.69, 9.17) is 0 Å². The molecule has 0 radical (unpaired) electrons. The molecule has 0 amide bonds. The zero-order chi connectivity index (χ0) is 15.5. The maximum absolute atomic E-state index is 9.23. The van der Waals surface area contributed by atoms with Gasteiger partial charge in [0.05, 0.1) is 16.6 Å². The van der Waals surface area contributed by atoms with Crippen molar-refractivity contribution in [2.24, 2.45) is 7.05 Å². The van der Waals surface area contributed by atoms with Crippen molar-refractivity contribution >= 4 is 28.4 Å². The van der Waals surface area contributed by atoms with Crippen LogP contribution in [0.3, 0.4) is 0 Å². The van der Waals surface area contributed by atoms with Gasteiger partial charge in [-0.25, -0.2) is 4.98 Å². The molecule has 3 heterocycles. The first kappa shape index (κ1) is 13.9. The fraction of sp³-hybridized carbons (Fsp3) is 0.267. The van der Waals surface area contributed by atoms with Crippen molar-refractivity contribution in [1.82, 2.24) is 19.7 Å². The van der Waals surface area contributed by atoms with Crippen molar-refractivity contribution in [2.45, 2.75) is 13.3 Å². The summed E-state index contributed by atoms with van der Waals surface area (Å²) in [6.07, 6.45) is 4.54. The summed E-state index contributed by atoms with van der Waals surface area (Å²) in [6.45, 7) is 2.93. The predicted octanol–water partition coefficient (Wildman–Crippen LogP) is 2.73. The minimum absolute atomic E-state index is 0.588. The Balaban J connectivity index is 2.03. The molecule has 0 saturated heterocycles. The fourth-order valence-electron chi connectivity index (χ4n) is 2.30. The normalized spacial score (nSPS) is 10.6. The van der Waals surface area contributed by atoms with E-state index in [-0.39, 0.29) is 0 Å². The average molecular weight is 295 g/mol. The molecule has 0 bridgehead atoms. The maximum Gasteiger partial charge on any atom is 0.153 e. The minimum atomic E-state index is 0.588. The molecule has 7 nitrogen and oxygen atoms in total. The third-order valence-corrected chi connectivity index (χ3v) is 3.30. The summed E-state index contributed by atoms with van der Waals surface area (Å²) in [4.78, 5) is 7.56. The highest BCUT2D eigenvalue weighted by atomic mass is 15.3. The number of nitriles is 1. The molecule has 7 heteroatoms. The first-order valence-corrected chi connectivity index (χ1v) is 7.14. The Morgan fingerprint density at radius 1 is 1.41 bits per heavy atom. The Bertz CT molecular complexity index is 837. The highest BCUT2D eigenvalue weighted by Crippen LogP contribution is 2.29. The summed E-state index contributed by atoms with van der Waals surface area (Å²) >= 11 is 0. The molecule has 3 rings (SSSR count). The average Bonchev–Trinajstić information content (AvgIpc) is 3.10. The topological polar surface area (TPSA) is 94.3 Å².